The summed E-state index contributed by atoms with van der Waals surface area (Å²) in [5.41, 5.74) is 2.86. The molecule has 2 heteroatoms. The minimum Gasteiger partial charge on any atom is -0.385 e. The van der Waals surface area contributed by atoms with Gasteiger partial charge in [-0.05, 0) is 35.4 Å². The molecule has 0 heterocycles. The molecule has 0 aliphatic heterocycles. The molecule has 2 atom stereocenters. The smallest absolute Gasteiger partial charge is 0.109 e. The van der Waals surface area contributed by atoms with Crippen LogP contribution in [0.5, 0.6) is 0 Å². The third kappa shape index (κ3) is 2.62. The van der Waals surface area contributed by atoms with Crippen molar-refractivity contribution in [2.75, 3.05) is 0 Å². The standard InChI is InChI=1S/C18H20O2/c19-17(15-5-2-1-3-6-15)18(20)16-11-9-14(10-12-16)13-7-4-8-13/h1-3,5-6,9-13,17-20H,4,7-8H2. The van der Waals surface area contributed by atoms with Crippen LogP contribution in [0.3, 0.4) is 0 Å². The van der Waals surface area contributed by atoms with Crippen molar-refractivity contribution in [3.05, 3.63) is 71.3 Å². The molecule has 2 N–H and O–H groups in total. The average molecular weight is 268 g/mol. The van der Waals surface area contributed by atoms with Crippen LogP contribution >= 0.6 is 0 Å². The quantitative estimate of drug-likeness (QED) is 0.887. The molecular weight excluding hydrogens is 248 g/mol. The summed E-state index contributed by atoms with van der Waals surface area (Å²) >= 11 is 0. The van der Waals surface area contributed by atoms with E-state index in [9.17, 15) is 10.2 Å². The Hall–Kier alpha value is -1.64. The molecule has 3 rings (SSSR count). The maximum atomic E-state index is 10.3. The van der Waals surface area contributed by atoms with Gasteiger partial charge >= 0.3 is 0 Å². The van der Waals surface area contributed by atoms with Crippen molar-refractivity contribution in [3.63, 3.8) is 0 Å². The number of benzene rings is 2. The summed E-state index contributed by atoms with van der Waals surface area (Å²) in [6, 6.07) is 17.3. The third-order valence-corrected chi connectivity index (χ3v) is 4.29. The fourth-order valence-corrected chi connectivity index (χ4v) is 2.72. The van der Waals surface area contributed by atoms with Gasteiger partial charge in [0.1, 0.15) is 12.2 Å². The molecule has 104 valence electrons. The summed E-state index contributed by atoms with van der Waals surface area (Å²) in [6.07, 6.45) is 2.10. The second-order valence-electron chi connectivity index (χ2n) is 5.59. The van der Waals surface area contributed by atoms with Crippen LogP contribution in [0.2, 0.25) is 0 Å². The van der Waals surface area contributed by atoms with E-state index >= 15 is 0 Å². The molecule has 0 aromatic heterocycles. The molecule has 1 aliphatic rings. The van der Waals surface area contributed by atoms with Crippen molar-refractivity contribution < 1.29 is 10.2 Å². The molecule has 0 radical (unpaired) electrons. The van der Waals surface area contributed by atoms with E-state index in [-0.39, 0.29) is 0 Å². The lowest BCUT2D eigenvalue weighted by atomic mass is 9.80. The first-order chi connectivity index (χ1) is 9.75. The molecule has 2 unspecified atom stereocenters. The van der Waals surface area contributed by atoms with Gasteiger partial charge in [-0.3, -0.25) is 0 Å². The van der Waals surface area contributed by atoms with Crippen LogP contribution in [0.15, 0.2) is 54.6 Å². The van der Waals surface area contributed by atoms with Crippen LogP contribution in [-0.4, -0.2) is 10.2 Å². The SMILES string of the molecule is OC(c1ccccc1)C(O)c1ccc(C2CCC2)cc1. The van der Waals surface area contributed by atoms with Gasteiger partial charge in [0.2, 0.25) is 0 Å². The van der Waals surface area contributed by atoms with Crippen LogP contribution in [0.1, 0.15) is 54.1 Å². The number of aliphatic hydroxyl groups excluding tert-OH is 2. The molecule has 2 nitrogen and oxygen atoms in total. The van der Waals surface area contributed by atoms with E-state index in [2.05, 4.69) is 12.1 Å². The van der Waals surface area contributed by atoms with Crippen molar-refractivity contribution >= 4 is 0 Å². The van der Waals surface area contributed by atoms with E-state index in [0.29, 0.717) is 5.92 Å². The Bertz CT molecular complexity index is 543. The minimum atomic E-state index is -0.884. The van der Waals surface area contributed by atoms with Gasteiger partial charge in [-0.1, -0.05) is 61.0 Å². The molecule has 0 saturated heterocycles. The Morgan fingerprint density at radius 1 is 0.750 bits per heavy atom. The van der Waals surface area contributed by atoms with Crippen molar-refractivity contribution in [2.45, 2.75) is 37.4 Å². The molecular formula is C18H20O2. The third-order valence-electron chi connectivity index (χ3n) is 4.29. The zero-order chi connectivity index (χ0) is 13.9. The van der Waals surface area contributed by atoms with Gasteiger partial charge in [0.25, 0.3) is 0 Å². The lowest BCUT2D eigenvalue weighted by Gasteiger charge is -2.26. The monoisotopic (exact) mass is 268 g/mol. The predicted molar refractivity (Wildman–Crippen MR) is 79.4 cm³/mol. The highest BCUT2D eigenvalue weighted by Gasteiger charge is 2.22. The first kappa shape index (κ1) is 13.3. The van der Waals surface area contributed by atoms with Crippen LogP contribution in [0, 0.1) is 0 Å². The molecule has 1 fully saturated rings. The van der Waals surface area contributed by atoms with E-state index in [4.69, 9.17) is 0 Å². The molecule has 2 aromatic rings. The zero-order valence-corrected chi connectivity index (χ0v) is 11.4. The largest absolute Gasteiger partial charge is 0.385 e. The topological polar surface area (TPSA) is 40.5 Å². The van der Waals surface area contributed by atoms with E-state index in [1.807, 2.05) is 42.5 Å². The molecule has 0 spiro atoms. The van der Waals surface area contributed by atoms with Crippen LogP contribution in [-0.2, 0) is 0 Å². The molecule has 0 bridgehead atoms. The fraction of sp³-hybridized carbons (Fsp3) is 0.333. The number of aliphatic hydroxyl groups is 2. The predicted octanol–water partition coefficient (Wildman–Crippen LogP) is 3.72. The van der Waals surface area contributed by atoms with Crippen molar-refractivity contribution in [1.82, 2.24) is 0 Å². The first-order valence-electron chi connectivity index (χ1n) is 7.26. The Labute approximate surface area is 119 Å². The Balaban J connectivity index is 1.74. The van der Waals surface area contributed by atoms with Crippen LogP contribution in [0.25, 0.3) is 0 Å². The molecule has 20 heavy (non-hydrogen) atoms. The Kier molecular flexibility index (Phi) is 3.86. The maximum Gasteiger partial charge on any atom is 0.109 e. The van der Waals surface area contributed by atoms with Crippen molar-refractivity contribution in [1.29, 1.82) is 0 Å². The van der Waals surface area contributed by atoms with Gasteiger partial charge in [-0.25, -0.2) is 0 Å². The number of rotatable bonds is 4. The average Bonchev–Trinajstić information content (AvgIpc) is 2.46. The molecule has 2 aromatic carbocycles. The normalized spacial score (nSPS) is 18.3. The van der Waals surface area contributed by atoms with Gasteiger partial charge in [0.15, 0.2) is 0 Å². The van der Waals surface area contributed by atoms with Gasteiger partial charge < -0.3 is 10.2 Å². The van der Waals surface area contributed by atoms with E-state index in [0.717, 1.165) is 11.1 Å². The molecule has 1 aliphatic carbocycles. The summed E-state index contributed by atoms with van der Waals surface area (Å²) in [5, 5.41) is 20.5. The lowest BCUT2D eigenvalue weighted by Crippen LogP contribution is -2.11. The summed E-state index contributed by atoms with van der Waals surface area (Å²) in [5.74, 6) is 0.695. The highest BCUT2D eigenvalue weighted by Crippen LogP contribution is 2.37. The second kappa shape index (κ2) is 5.78. The van der Waals surface area contributed by atoms with Crippen LogP contribution < -0.4 is 0 Å². The summed E-state index contributed by atoms with van der Waals surface area (Å²) < 4.78 is 0. The van der Waals surface area contributed by atoms with Gasteiger partial charge in [0, 0.05) is 0 Å². The number of hydrogen-bond donors (Lipinski definition) is 2. The van der Waals surface area contributed by atoms with Crippen molar-refractivity contribution in [2.24, 2.45) is 0 Å². The van der Waals surface area contributed by atoms with Crippen molar-refractivity contribution in [3.8, 4) is 0 Å². The first-order valence-corrected chi connectivity index (χ1v) is 7.26. The number of hydrogen-bond acceptors (Lipinski definition) is 2. The zero-order valence-electron chi connectivity index (χ0n) is 11.4. The Morgan fingerprint density at radius 3 is 1.80 bits per heavy atom. The van der Waals surface area contributed by atoms with E-state index < -0.39 is 12.2 Å². The van der Waals surface area contributed by atoms with E-state index in [1.54, 1.807) is 0 Å². The maximum absolute atomic E-state index is 10.3. The highest BCUT2D eigenvalue weighted by molar-refractivity contribution is 5.30. The minimum absolute atomic E-state index is 0.695. The summed E-state index contributed by atoms with van der Waals surface area (Å²) in [4.78, 5) is 0. The lowest BCUT2D eigenvalue weighted by molar-refractivity contribution is 0.0172. The van der Waals surface area contributed by atoms with Gasteiger partial charge in [-0.2, -0.15) is 0 Å². The highest BCUT2D eigenvalue weighted by atomic mass is 16.3. The van der Waals surface area contributed by atoms with Gasteiger partial charge in [0.05, 0.1) is 0 Å². The summed E-state index contributed by atoms with van der Waals surface area (Å²) in [6.45, 7) is 0. The van der Waals surface area contributed by atoms with Gasteiger partial charge in [-0.15, -0.1) is 0 Å². The molecule has 0 amide bonds. The summed E-state index contributed by atoms with van der Waals surface area (Å²) in [7, 11) is 0. The van der Waals surface area contributed by atoms with E-state index in [1.165, 1.54) is 24.8 Å². The molecule has 1 saturated carbocycles. The Morgan fingerprint density at radius 2 is 1.30 bits per heavy atom. The second-order valence-corrected chi connectivity index (χ2v) is 5.59. The van der Waals surface area contributed by atoms with Crippen LogP contribution in [0.4, 0.5) is 0 Å². The fourth-order valence-electron chi connectivity index (χ4n) is 2.72.